The van der Waals surface area contributed by atoms with E-state index in [0.717, 1.165) is 29.8 Å². The maximum absolute atomic E-state index is 13.2. The summed E-state index contributed by atoms with van der Waals surface area (Å²) in [5.74, 6) is 0.442. The molecule has 0 atom stereocenters. The molecular weight excluding hydrogens is 553 g/mol. The van der Waals surface area contributed by atoms with E-state index in [1.54, 1.807) is 34.9 Å². The second-order valence-corrected chi connectivity index (χ2v) is 9.41. The van der Waals surface area contributed by atoms with E-state index in [-0.39, 0.29) is 18.0 Å². The molecule has 1 aromatic heterocycles. The molecule has 4 aromatic rings. The topological polar surface area (TPSA) is 71.8 Å². The number of amides is 2. The molecule has 0 aliphatic heterocycles. The van der Waals surface area contributed by atoms with Gasteiger partial charge < -0.3 is 10.6 Å². The van der Waals surface area contributed by atoms with Crippen molar-refractivity contribution in [2.75, 3.05) is 5.32 Å². The maximum atomic E-state index is 13.2. The zero-order valence-electron chi connectivity index (χ0n) is 18.7. The third kappa shape index (κ3) is 6.94. The molecule has 192 valence electrons. The van der Waals surface area contributed by atoms with Crippen molar-refractivity contribution in [2.45, 2.75) is 23.6 Å². The minimum Gasteiger partial charge on any atom is -0.331 e. The molecule has 37 heavy (non-hydrogen) atoms. The van der Waals surface area contributed by atoms with Crippen molar-refractivity contribution >= 4 is 46.7 Å². The number of hydrogen-bond donors (Lipinski definition) is 2. The lowest BCUT2D eigenvalue weighted by atomic mass is 10.2. The molecule has 3 aromatic carbocycles. The van der Waals surface area contributed by atoms with Crippen LogP contribution in [0.1, 0.15) is 17.0 Å². The first-order valence-corrected chi connectivity index (χ1v) is 12.3. The monoisotopic (exact) mass is 569 g/mol. The molecule has 0 unspecified atom stereocenters. The van der Waals surface area contributed by atoms with Crippen LogP contribution in [0.4, 0.5) is 28.0 Å². The highest BCUT2D eigenvalue weighted by atomic mass is 35.5. The second-order valence-electron chi connectivity index (χ2n) is 7.63. The summed E-state index contributed by atoms with van der Waals surface area (Å²) < 4.78 is 53.1. The van der Waals surface area contributed by atoms with Gasteiger partial charge in [0.1, 0.15) is 5.82 Å². The lowest BCUT2D eigenvalue weighted by Crippen LogP contribution is -2.29. The van der Waals surface area contributed by atoms with Crippen LogP contribution in [0.2, 0.25) is 10.0 Å². The fourth-order valence-corrected chi connectivity index (χ4v) is 4.50. The number of aromatic nitrogens is 3. The van der Waals surface area contributed by atoms with E-state index in [0.29, 0.717) is 32.5 Å². The minimum atomic E-state index is -4.47. The Balaban J connectivity index is 1.51. The average molecular weight is 570 g/mol. The van der Waals surface area contributed by atoms with Crippen molar-refractivity contribution in [2.24, 2.45) is 0 Å². The molecule has 0 spiro atoms. The summed E-state index contributed by atoms with van der Waals surface area (Å²) in [5, 5.41) is 14.7. The van der Waals surface area contributed by atoms with Gasteiger partial charge in [-0.3, -0.25) is 4.57 Å². The van der Waals surface area contributed by atoms with Gasteiger partial charge >= 0.3 is 12.2 Å². The highest BCUT2D eigenvalue weighted by Gasteiger charge is 2.30. The van der Waals surface area contributed by atoms with Gasteiger partial charge in [0.25, 0.3) is 0 Å². The SMILES string of the molecule is O=C(NCc1nnc(SCc2ccc(F)cc2)n1-c1cc(Cl)ccc1Cl)Nc1ccc(C(F)(F)F)cc1. The Kier molecular flexibility index (Phi) is 8.25. The Morgan fingerprint density at radius 3 is 2.35 bits per heavy atom. The lowest BCUT2D eigenvalue weighted by Gasteiger charge is -2.13. The number of nitrogens with one attached hydrogen (secondary N) is 2. The van der Waals surface area contributed by atoms with Gasteiger partial charge in [-0.1, -0.05) is 47.1 Å². The first-order valence-electron chi connectivity index (χ1n) is 10.6. The van der Waals surface area contributed by atoms with Gasteiger partial charge in [0.15, 0.2) is 11.0 Å². The number of alkyl halides is 3. The Morgan fingerprint density at radius 1 is 0.973 bits per heavy atom. The summed E-state index contributed by atoms with van der Waals surface area (Å²) in [7, 11) is 0. The summed E-state index contributed by atoms with van der Waals surface area (Å²) in [6, 6.07) is 14.3. The Bertz CT molecular complexity index is 1400. The van der Waals surface area contributed by atoms with Crippen molar-refractivity contribution in [1.29, 1.82) is 0 Å². The first kappa shape index (κ1) is 26.8. The van der Waals surface area contributed by atoms with Gasteiger partial charge in [0.05, 0.1) is 22.8 Å². The van der Waals surface area contributed by atoms with Crippen LogP contribution in [0, 0.1) is 5.82 Å². The number of carbonyl (C=O) groups is 1. The Morgan fingerprint density at radius 2 is 1.68 bits per heavy atom. The highest BCUT2D eigenvalue weighted by Crippen LogP contribution is 2.31. The van der Waals surface area contributed by atoms with Crippen LogP contribution in [-0.4, -0.2) is 20.8 Å². The van der Waals surface area contributed by atoms with Crippen molar-refractivity contribution in [3.05, 3.63) is 99.5 Å². The highest BCUT2D eigenvalue weighted by molar-refractivity contribution is 7.98. The van der Waals surface area contributed by atoms with Crippen molar-refractivity contribution in [1.82, 2.24) is 20.1 Å². The zero-order valence-corrected chi connectivity index (χ0v) is 21.0. The number of halogens is 6. The maximum Gasteiger partial charge on any atom is 0.416 e. The van der Waals surface area contributed by atoms with Crippen LogP contribution in [0.15, 0.2) is 71.9 Å². The predicted molar refractivity (Wildman–Crippen MR) is 135 cm³/mol. The van der Waals surface area contributed by atoms with Crippen LogP contribution in [0.25, 0.3) is 5.69 Å². The third-order valence-corrected chi connectivity index (χ3v) is 6.56. The normalized spacial score (nSPS) is 11.4. The van der Waals surface area contributed by atoms with Crippen LogP contribution >= 0.6 is 35.0 Å². The molecule has 6 nitrogen and oxygen atoms in total. The molecule has 0 saturated carbocycles. The molecule has 2 N–H and O–H groups in total. The van der Waals surface area contributed by atoms with Gasteiger partial charge in [-0.05, 0) is 60.2 Å². The number of anilines is 1. The number of thioether (sulfide) groups is 1. The number of hydrogen-bond acceptors (Lipinski definition) is 4. The number of nitrogens with zero attached hydrogens (tertiary/aromatic N) is 3. The number of urea groups is 1. The number of carbonyl (C=O) groups excluding carboxylic acids is 1. The van der Waals surface area contributed by atoms with Crippen molar-refractivity contribution in [3.63, 3.8) is 0 Å². The van der Waals surface area contributed by atoms with Crippen LogP contribution < -0.4 is 10.6 Å². The fourth-order valence-electron chi connectivity index (χ4n) is 3.21. The summed E-state index contributed by atoms with van der Waals surface area (Å²) in [6.07, 6.45) is -4.47. The average Bonchev–Trinajstić information content (AvgIpc) is 3.26. The van der Waals surface area contributed by atoms with Crippen molar-refractivity contribution < 1.29 is 22.4 Å². The molecule has 0 fully saturated rings. The molecule has 4 rings (SSSR count). The minimum absolute atomic E-state index is 0.0839. The molecule has 0 bridgehead atoms. The predicted octanol–water partition coefficient (Wildman–Crippen LogP) is 7.35. The van der Waals surface area contributed by atoms with Crippen LogP contribution in [-0.2, 0) is 18.5 Å². The van der Waals surface area contributed by atoms with Gasteiger partial charge in [-0.25, -0.2) is 9.18 Å². The van der Waals surface area contributed by atoms with Gasteiger partial charge in [-0.2, -0.15) is 13.2 Å². The van der Waals surface area contributed by atoms with Gasteiger partial charge in [0.2, 0.25) is 0 Å². The summed E-state index contributed by atoms with van der Waals surface area (Å²) >= 11 is 13.9. The van der Waals surface area contributed by atoms with E-state index in [2.05, 4.69) is 20.8 Å². The van der Waals surface area contributed by atoms with E-state index < -0.39 is 17.8 Å². The molecule has 13 heteroatoms. The van der Waals surface area contributed by atoms with E-state index in [9.17, 15) is 22.4 Å². The van der Waals surface area contributed by atoms with E-state index in [1.807, 2.05) is 0 Å². The standard InChI is InChI=1S/C24H17Cl2F4N5OS/c25-16-5-10-19(26)20(11-16)35-21(33-34-23(35)37-13-14-1-6-17(27)7-2-14)12-31-22(36)32-18-8-3-15(4-9-18)24(28,29)30/h1-11H,12-13H2,(H2,31,32,36). The quantitative estimate of drug-likeness (QED) is 0.180. The summed E-state index contributed by atoms with van der Waals surface area (Å²) in [4.78, 5) is 12.4. The van der Waals surface area contributed by atoms with E-state index in [4.69, 9.17) is 23.2 Å². The molecular formula is C24H17Cl2F4N5OS. The molecule has 0 radical (unpaired) electrons. The molecule has 2 amide bonds. The lowest BCUT2D eigenvalue weighted by molar-refractivity contribution is -0.137. The fraction of sp³-hybridized carbons (Fsp3) is 0.125. The number of benzene rings is 3. The Hall–Kier alpha value is -3.28. The van der Waals surface area contributed by atoms with Crippen LogP contribution in [0.3, 0.4) is 0 Å². The third-order valence-electron chi connectivity index (χ3n) is 5.01. The summed E-state index contributed by atoms with van der Waals surface area (Å²) in [5.41, 5.74) is 0.700. The molecule has 0 saturated heterocycles. The van der Waals surface area contributed by atoms with E-state index >= 15 is 0 Å². The molecule has 1 heterocycles. The Labute approximate surface area is 223 Å². The zero-order chi connectivity index (χ0) is 26.6. The van der Waals surface area contributed by atoms with Gasteiger partial charge in [-0.15, -0.1) is 10.2 Å². The second kappa shape index (κ2) is 11.4. The smallest absolute Gasteiger partial charge is 0.331 e. The van der Waals surface area contributed by atoms with Crippen LogP contribution in [0.5, 0.6) is 0 Å². The molecule has 0 aliphatic rings. The largest absolute Gasteiger partial charge is 0.416 e. The van der Waals surface area contributed by atoms with Crippen molar-refractivity contribution in [3.8, 4) is 5.69 Å². The first-order chi connectivity index (χ1) is 17.6. The van der Waals surface area contributed by atoms with Gasteiger partial charge in [0, 0.05) is 16.5 Å². The number of rotatable bonds is 7. The molecule has 0 aliphatic carbocycles. The summed E-state index contributed by atoms with van der Waals surface area (Å²) in [6.45, 7) is -0.0839. The van der Waals surface area contributed by atoms with E-state index in [1.165, 1.54) is 23.9 Å².